The van der Waals surface area contributed by atoms with Crippen LogP contribution < -0.4 is 10.3 Å². The van der Waals surface area contributed by atoms with Crippen molar-refractivity contribution in [3.8, 4) is 17.0 Å². The highest BCUT2D eigenvalue weighted by Crippen LogP contribution is 2.28. The van der Waals surface area contributed by atoms with Gasteiger partial charge >= 0.3 is 5.97 Å². The number of carbonyl (C=O) groups is 1. The molecule has 0 atom stereocenters. The molecule has 3 rings (SSSR count). The van der Waals surface area contributed by atoms with Crippen LogP contribution >= 0.6 is 0 Å². The third-order valence-electron chi connectivity index (χ3n) is 3.55. The van der Waals surface area contributed by atoms with Crippen LogP contribution in [0.25, 0.3) is 16.8 Å². The largest absolute Gasteiger partial charge is 0.496 e. The van der Waals surface area contributed by atoms with Gasteiger partial charge in [0.05, 0.1) is 19.2 Å². The molecule has 0 bridgehead atoms. The lowest BCUT2D eigenvalue weighted by Crippen LogP contribution is -2.22. The van der Waals surface area contributed by atoms with Crippen LogP contribution in [-0.4, -0.2) is 32.4 Å². The van der Waals surface area contributed by atoms with Crippen LogP contribution in [0.4, 0.5) is 0 Å². The minimum absolute atomic E-state index is 0.108. The molecular weight excluding hydrogens is 298 g/mol. The number of carboxylic acids is 1. The average molecular weight is 313 g/mol. The van der Waals surface area contributed by atoms with Gasteiger partial charge in [-0.05, 0) is 18.2 Å². The Kier molecular flexibility index (Phi) is 3.84. The molecule has 1 N–H and O–H groups in total. The molecule has 118 valence electrons. The molecule has 0 aliphatic rings. The van der Waals surface area contributed by atoms with Gasteiger partial charge in [0.2, 0.25) is 0 Å². The highest BCUT2D eigenvalue weighted by atomic mass is 16.5. The lowest BCUT2D eigenvalue weighted by molar-refractivity contribution is -0.137. The quantitative estimate of drug-likeness (QED) is 0.774. The standard InChI is InChI=1S/C16H15N3O4/c1-23-14-5-3-2-4-11(14)12-10-13-16(22)18(7-6-15(20)21)8-9-19(13)17-12/h2-5,8-10H,6-7H2,1H3,(H,20,21). The first-order valence-electron chi connectivity index (χ1n) is 7.04. The van der Waals surface area contributed by atoms with Crippen LogP contribution in [0.3, 0.4) is 0 Å². The van der Waals surface area contributed by atoms with E-state index in [0.717, 1.165) is 5.56 Å². The Balaban J connectivity index is 2.07. The number of nitrogens with zero attached hydrogens (tertiary/aromatic N) is 3. The summed E-state index contributed by atoms with van der Waals surface area (Å²) in [5, 5.41) is 13.1. The van der Waals surface area contributed by atoms with Gasteiger partial charge in [0.1, 0.15) is 11.3 Å². The van der Waals surface area contributed by atoms with E-state index in [1.165, 1.54) is 15.3 Å². The number of aryl methyl sites for hydroxylation is 1. The smallest absolute Gasteiger partial charge is 0.305 e. The Morgan fingerprint density at radius 1 is 1.30 bits per heavy atom. The van der Waals surface area contributed by atoms with Crippen molar-refractivity contribution in [3.05, 3.63) is 53.1 Å². The van der Waals surface area contributed by atoms with Gasteiger partial charge in [0.25, 0.3) is 5.56 Å². The molecule has 1 aromatic carbocycles. The summed E-state index contributed by atoms with van der Waals surface area (Å²) in [7, 11) is 1.58. The van der Waals surface area contributed by atoms with Gasteiger partial charge in [-0.15, -0.1) is 0 Å². The molecule has 0 radical (unpaired) electrons. The molecule has 0 fully saturated rings. The fourth-order valence-corrected chi connectivity index (χ4v) is 2.41. The van der Waals surface area contributed by atoms with E-state index < -0.39 is 5.97 Å². The number of aliphatic carboxylic acids is 1. The zero-order chi connectivity index (χ0) is 16.4. The van der Waals surface area contributed by atoms with Crippen molar-refractivity contribution in [2.45, 2.75) is 13.0 Å². The summed E-state index contributed by atoms with van der Waals surface area (Å²) in [5.74, 6) is -0.276. The Hall–Kier alpha value is -3.09. The Labute approximate surface area is 131 Å². The van der Waals surface area contributed by atoms with Gasteiger partial charge in [0.15, 0.2) is 0 Å². The molecule has 0 aliphatic carbocycles. The van der Waals surface area contributed by atoms with E-state index in [-0.39, 0.29) is 18.5 Å². The van der Waals surface area contributed by atoms with Crippen molar-refractivity contribution in [1.29, 1.82) is 0 Å². The van der Waals surface area contributed by atoms with Crippen LogP contribution in [0.5, 0.6) is 5.75 Å². The number of rotatable bonds is 5. The van der Waals surface area contributed by atoms with E-state index >= 15 is 0 Å². The first-order valence-corrected chi connectivity index (χ1v) is 7.04. The lowest BCUT2D eigenvalue weighted by Gasteiger charge is -2.04. The molecule has 0 unspecified atom stereocenters. The number of fused-ring (bicyclic) bond motifs is 1. The van der Waals surface area contributed by atoms with Crippen molar-refractivity contribution in [1.82, 2.24) is 14.2 Å². The second-order valence-electron chi connectivity index (χ2n) is 5.00. The van der Waals surface area contributed by atoms with Crippen molar-refractivity contribution in [3.63, 3.8) is 0 Å². The predicted molar refractivity (Wildman–Crippen MR) is 83.7 cm³/mol. The number of ether oxygens (including phenoxy) is 1. The molecular formula is C16H15N3O4. The number of aromatic nitrogens is 3. The van der Waals surface area contributed by atoms with E-state index in [9.17, 15) is 9.59 Å². The Morgan fingerprint density at radius 3 is 2.83 bits per heavy atom. The molecule has 2 aromatic heterocycles. The molecule has 2 heterocycles. The summed E-state index contributed by atoms with van der Waals surface area (Å²) in [6, 6.07) is 9.09. The van der Waals surface area contributed by atoms with E-state index in [1.807, 2.05) is 24.3 Å². The SMILES string of the molecule is COc1ccccc1-c1cc2c(=O)n(CCC(=O)O)ccn2n1. The zero-order valence-corrected chi connectivity index (χ0v) is 12.5. The topological polar surface area (TPSA) is 85.8 Å². The van der Waals surface area contributed by atoms with Crippen molar-refractivity contribution in [2.24, 2.45) is 0 Å². The molecule has 7 nitrogen and oxygen atoms in total. The molecule has 0 saturated heterocycles. The summed E-state index contributed by atoms with van der Waals surface area (Å²) >= 11 is 0. The van der Waals surface area contributed by atoms with Crippen molar-refractivity contribution >= 4 is 11.5 Å². The van der Waals surface area contributed by atoms with Crippen LogP contribution in [0.2, 0.25) is 0 Å². The van der Waals surface area contributed by atoms with E-state index in [4.69, 9.17) is 9.84 Å². The monoisotopic (exact) mass is 313 g/mol. The summed E-state index contributed by atoms with van der Waals surface area (Å²) in [6.45, 7) is 0.125. The third-order valence-corrected chi connectivity index (χ3v) is 3.55. The van der Waals surface area contributed by atoms with Gasteiger partial charge in [-0.1, -0.05) is 12.1 Å². The first kappa shape index (κ1) is 14.8. The summed E-state index contributed by atoms with van der Waals surface area (Å²) in [5.41, 5.74) is 1.52. The third kappa shape index (κ3) is 2.80. The molecule has 23 heavy (non-hydrogen) atoms. The van der Waals surface area contributed by atoms with Gasteiger partial charge in [-0.3, -0.25) is 9.59 Å². The maximum Gasteiger partial charge on any atom is 0.305 e. The Bertz CT molecular complexity index is 926. The highest BCUT2D eigenvalue weighted by molar-refractivity contribution is 5.71. The molecule has 0 aliphatic heterocycles. The maximum atomic E-state index is 12.4. The van der Waals surface area contributed by atoms with Crippen LogP contribution in [0, 0.1) is 0 Å². The molecule has 7 heteroatoms. The number of carboxylic acid groups (broad SMARTS) is 1. The number of hydrogen-bond acceptors (Lipinski definition) is 4. The first-order chi connectivity index (χ1) is 11.1. The van der Waals surface area contributed by atoms with Crippen LogP contribution in [0.15, 0.2) is 47.5 Å². The summed E-state index contributed by atoms with van der Waals surface area (Å²) in [6.07, 6.45) is 3.07. The highest BCUT2D eigenvalue weighted by Gasteiger charge is 2.12. The fourth-order valence-electron chi connectivity index (χ4n) is 2.41. The molecule has 0 spiro atoms. The van der Waals surface area contributed by atoms with Gasteiger partial charge < -0.3 is 14.4 Å². The van der Waals surface area contributed by atoms with E-state index in [0.29, 0.717) is 17.0 Å². The van der Waals surface area contributed by atoms with Crippen molar-refractivity contribution < 1.29 is 14.6 Å². The molecule has 0 saturated carbocycles. The molecule has 0 amide bonds. The maximum absolute atomic E-state index is 12.4. The van der Waals surface area contributed by atoms with Gasteiger partial charge in [-0.25, -0.2) is 4.52 Å². The number of benzene rings is 1. The number of hydrogen-bond donors (Lipinski definition) is 1. The fraction of sp³-hybridized carbons (Fsp3) is 0.188. The van der Waals surface area contributed by atoms with Crippen molar-refractivity contribution in [2.75, 3.05) is 7.11 Å². The second-order valence-corrected chi connectivity index (χ2v) is 5.00. The van der Waals surface area contributed by atoms with E-state index in [1.54, 1.807) is 19.4 Å². The average Bonchev–Trinajstić information content (AvgIpc) is 2.99. The zero-order valence-electron chi connectivity index (χ0n) is 12.5. The van der Waals surface area contributed by atoms with Gasteiger partial charge in [-0.2, -0.15) is 5.10 Å². The summed E-state index contributed by atoms with van der Waals surface area (Å²) in [4.78, 5) is 23.1. The van der Waals surface area contributed by atoms with Crippen LogP contribution in [-0.2, 0) is 11.3 Å². The minimum Gasteiger partial charge on any atom is -0.496 e. The second kappa shape index (κ2) is 5.96. The predicted octanol–water partition coefficient (Wildman–Crippen LogP) is 1.65. The van der Waals surface area contributed by atoms with Crippen LogP contribution in [0.1, 0.15) is 6.42 Å². The number of para-hydroxylation sites is 1. The minimum atomic E-state index is -0.944. The van der Waals surface area contributed by atoms with E-state index in [2.05, 4.69) is 5.10 Å². The number of methoxy groups -OCH3 is 1. The normalized spacial score (nSPS) is 10.8. The summed E-state index contributed by atoms with van der Waals surface area (Å²) < 4.78 is 8.18. The molecule has 3 aromatic rings. The Morgan fingerprint density at radius 2 is 2.09 bits per heavy atom. The van der Waals surface area contributed by atoms with Gasteiger partial charge in [0, 0.05) is 24.5 Å². The lowest BCUT2D eigenvalue weighted by atomic mass is 10.1.